The second-order valence-electron chi connectivity index (χ2n) is 15.0. The van der Waals surface area contributed by atoms with E-state index in [0.29, 0.717) is 44.2 Å². The third-order valence-electron chi connectivity index (χ3n) is 10.5. The molecular weight excluding hydrogens is 804 g/mol. The number of para-hydroxylation sites is 2. The monoisotopic (exact) mass is 854 g/mol. The number of carboxylic acid groups (broad SMARTS) is 1. The Labute approximate surface area is 384 Å². The molecule has 0 fully saturated rings. The number of fused-ring (bicyclic) bond motifs is 2. The number of benzene rings is 6. The van der Waals surface area contributed by atoms with Crippen molar-refractivity contribution in [2.24, 2.45) is 11.5 Å². The first-order chi connectivity index (χ1) is 30.1. The Morgan fingerprint density at radius 1 is 0.594 bits per heavy atom. The van der Waals surface area contributed by atoms with E-state index in [1.54, 1.807) is 25.5 Å². The fraction of sp³-hybridized carbons (Fsp3) is 0.192. The smallest absolute Gasteiger partial charge is 0.870 e. The van der Waals surface area contributed by atoms with Gasteiger partial charge in [-0.05, 0) is 114 Å². The Balaban J connectivity index is 0.000000234. The van der Waals surface area contributed by atoms with E-state index in [1.165, 1.54) is 0 Å². The zero-order chi connectivity index (χ0) is 43.6. The number of furan rings is 2. The van der Waals surface area contributed by atoms with Crippen LogP contribution in [0.5, 0.6) is 11.5 Å². The maximum absolute atomic E-state index is 12.0. The molecule has 324 valence electrons. The van der Waals surface area contributed by atoms with Crippen molar-refractivity contribution in [2.75, 3.05) is 6.61 Å². The van der Waals surface area contributed by atoms with E-state index >= 15 is 0 Å². The molecule has 12 heteroatoms. The van der Waals surface area contributed by atoms with Crippen molar-refractivity contribution < 1.29 is 62.1 Å². The van der Waals surface area contributed by atoms with Crippen LogP contribution in [0.1, 0.15) is 51.4 Å². The number of hydrogen-bond acceptors (Lipinski definition) is 10. The van der Waals surface area contributed by atoms with Crippen LogP contribution in [-0.2, 0) is 53.5 Å². The maximum atomic E-state index is 12.0. The third-order valence-corrected chi connectivity index (χ3v) is 10.5. The standard InChI is InChI=1S/C27H27NO4.C25H23NO4.Li.H2O/c1-3-30-25(29)15-22-9-4-6-18(2)26(22)32-17-20-13-23-10-11-31-27(23)24(14-20)21-8-5-7-19(12-21)16-28;1-16-4-2-7-20(13-23(27)28)24(16)30-15-18-11-21-8-9-29-25(21)22(12-18)19-6-3-5-17(10-19)14-26;;/h4-14H,3,15-17,28H2,1-2H3;2-12H,13-15,26H2,1H3,(H,27,28);;1H2/q;;+1;/p-1. The van der Waals surface area contributed by atoms with Crippen LogP contribution in [0.2, 0.25) is 0 Å². The fourth-order valence-electron chi connectivity index (χ4n) is 7.57. The molecule has 8 aromatic rings. The number of nitrogens with two attached hydrogens (primary N) is 2. The summed E-state index contributed by atoms with van der Waals surface area (Å²) in [6, 6.07) is 39.7. The van der Waals surface area contributed by atoms with Gasteiger partial charge in [-0.3, -0.25) is 9.59 Å². The number of rotatable bonds is 15. The van der Waals surface area contributed by atoms with E-state index in [2.05, 4.69) is 36.4 Å². The molecule has 6 aromatic carbocycles. The van der Waals surface area contributed by atoms with Gasteiger partial charge < -0.3 is 45.1 Å². The molecule has 0 radical (unpaired) electrons. The summed E-state index contributed by atoms with van der Waals surface area (Å²) in [7, 11) is 0. The molecule has 0 unspecified atom stereocenters. The zero-order valence-electron chi connectivity index (χ0n) is 36.6. The largest absolute Gasteiger partial charge is 1.00 e. The molecular formula is C52H51LiN2O9. The molecule has 0 bridgehead atoms. The number of esters is 1. The van der Waals surface area contributed by atoms with Crippen molar-refractivity contribution in [3.63, 3.8) is 0 Å². The third kappa shape index (κ3) is 11.7. The average molecular weight is 855 g/mol. The summed E-state index contributed by atoms with van der Waals surface area (Å²) in [6.07, 6.45) is 3.49. The van der Waals surface area contributed by atoms with Gasteiger partial charge in [0.15, 0.2) is 0 Å². The van der Waals surface area contributed by atoms with Crippen LogP contribution >= 0.6 is 0 Å². The number of carbonyl (C=O) groups excluding carboxylic acids is 1. The normalized spacial score (nSPS) is 10.6. The molecule has 11 nitrogen and oxygen atoms in total. The molecule has 64 heavy (non-hydrogen) atoms. The van der Waals surface area contributed by atoms with Crippen molar-refractivity contribution >= 4 is 33.9 Å². The SMILES string of the molecule is CCOC(=O)Cc1cccc(C)c1OCc1cc(-c2cccc(CN)c2)c2occc2c1.Cc1cccc(CC(=O)O)c1OCc1cc(-c2cccc(CN)c2)c2occc2c1.[Li+].[OH-]. The number of aryl methyl sites for hydroxylation is 2. The zero-order valence-corrected chi connectivity index (χ0v) is 36.6. The molecule has 2 aromatic heterocycles. The van der Waals surface area contributed by atoms with Crippen LogP contribution in [0.4, 0.5) is 0 Å². The molecule has 8 rings (SSSR count). The molecule has 0 aliphatic rings. The van der Waals surface area contributed by atoms with Gasteiger partial charge in [-0.15, -0.1) is 0 Å². The van der Waals surface area contributed by atoms with E-state index < -0.39 is 5.97 Å². The predicted molar refractivity (Wildman–Crippen MR) is 244 cm³/mol. The molecule has 0 spiro atoms. The summed E-state index contributed by atoms with van der Waals surface area (Å²) in [5.74, 6) is 0.204. The van der Waals surface area contributed by atoms with Gasteiger partial charge in [0.05, 0.1) is 32.0 Å². The minimum absolute atomic E-state index is 0. The van der Waals surface area contributed by atoms with Crippen LogP contribution in [0.15, 0.2) is 143 Å². The molecule has 0 atom stereocenters. The Kier molecular flexibility index (Phi) is 17.2. The van der Waals surface area contributed by atoms with Crippen LogP contribution in [0, 0.1) is 13.8 Å². The number of carbonyl (C=O) groups is 2. The Bertz CT molecular complexity index is 2850. The predicted octanol–water partition coefficient (Wildman–Crippen LogP) is 7.45. The van der Waals surface area contributed by atoms with Gasteiger partial charge in [-0.25, -0.2) is 0 Å². The number of carboxylic acids is 1. The summed E-state index contributed by atoms with van der Waals surface area (Å²) in [6.45, 7) is 7.70. The average Bonchev–Trinajstić information content (AvgIpc) is 3.96. The van der Waals surface area contributed by atoms with Crippen molar-refractivity contribution in [3.05, 3.63) is 178 Å². The molecule has 2 heterocycles. The number of aliphatic carboxylic acids is 1. The minimum Gasteiger partial charge on any atom is -0.870 e. The topological polar surface area (TPSA) is 190 Å². The summed E-state index contributed by atoms with van der Waals surface area (Å²) in [5, 5.41) is 11.2. The summed E-state index contributed by atoms with van der Waals surface area (Å²) in [5.41, 5.74) is 24.8. The van der Waals surface area contributed by atoms with Gasteiger partial charge in [0, 0.05) is 46.1 Å². The fourth-order valence-corrected chi connectivity index (χ4v) is 7.57. The van der Waals surface area contributed by atoms with Crippen molar-refractivity contribution in [3.8, 4) is 33.8 Å². The van der Waals surface area contributed by atoms with Gasteiger partial charge in [0.1, 0.15) is 35.9 Å². The quantitative estimate of drug-likeness (QED) is 0.0686. The second-order valence-corrected chi connectivity index (χ2v) is 15.0. The maximum Gasteiger partial charge on any atom is 1.00 e. The molecule has 6 N–H and O–H groups in total. The Morgan fingerprint density at radius 3 is 1.48 bits per heavy atom. The van der Waals surface area contributed by atoms with E-state index in [0.717, 1.165) is 88.9 Å². The van der Waals surface area contributed by atoms with Crippen molar-refractivity contribution in [2.45, 2.75) is 59.9 Å². The van der Waals surface area contributed by atoms with Crippen molar-refractivity contribution in [1.29, 1.82) is 0 Å². The first-order valence-corrected chi connectivity index (χ1v) is 20.5. The first kappa shape index (κ1) is 48.4. The minimum atomic E-state index is -0.882. The van der Waals surface area contributed by atoms with Crippen LogP contribution in [0.3, 0.4) is 0 Å². The Hall–Kier alpha value is -6.58. The van der Waals surface area contributed by atoms with Crippen LogP contribution in [-0.4, -0.2) is 29.1 Å². The summed E-state index contributed by atoms with van der Waals surface area (Å²) in [4.78, 5) is 23.2. The van der Waals surface area contributed by atoms with Gasteiger partial charge in [0.2, 0.25) is 0 Å². The van der Waals surface area contributed by atoms with Crippen LogP contribution < -0.4 is 39.8 Å². The molecule has 0 saturated heterocycles. The first-order valence-electron chi connectivity index (χ1n) is 20.5. The molecule has 0 saturated carbocycles. The number of hydrogen-bond donors (Lipinski definition) is 3. The molecule has 0 aliphatic carbocycles. The van der Waals surface area contributed by atoms with Gasteiger partial charge in [-0.2, -0.15) is 0 Å². The summed E-state index contributed by atoms with van der Waals surface area (Å²) >= 11 is 0. The summed E-state index contributed by atoms with van der Waals surface area (Å²) < 4.78 is 29.0. The number of ether oxygens (including phenoxy) is 3. The van der Waals surface area contributed by atoms with Gasteiger partial charge in [0.25, 0.3) is 0 Å². The second kappa shape index (κ2) is 22.7. The van der Waals surface area contributed by atoms with Crippen molar-refractivity contribution in [1.82, 2.24) is 0 Å². The molecule has 0 amide bonds. The van der Waals surface area contributed by atoms with E-state index in [4.69, 9.17) is 34.5 Å². The van der Waals surface area contributed by atoms with E-state index in [9.17, 15) is 14.7 Å². The van der Waals surface area contributed by atoms with E-state index in [1.807, 2.05) is 92.7 Å². The molecule has 0 aliphatic heterocycles. The Morgan fingerprint density at radius 2 is 1.05 bits per heavy atom. The van der Waals surface area contributed by atoms with Gasteiger partial charge in [-0.1, -0.05) is 72.8 Å². The van der Waals surface area contributed by atoms with Crippen LogP contribution in [0.25, 0.3) is 44.2 Å². The van der Waals surface area contributed by atoms with Gasteiger partial charge >= 0.3 is 30.8 Å². The van der Waals surface area contributed by atoms with E-state index in [-0.39, 0.29) is 43.1 Å².